The van der Waals surface area contributed by atoms with Crippen molar-refractivity contribution in [3.63, 3.8) is 0 Å². The van der Waals surface area contributed by atoms with Crippen molar-refractivity contribution in [3.8, 4) is 0 Å². The summed E-state index contributed by atoms with van der Waals surface area (Å²) in [6.45, 7) is 0. The molecule has 0 saturated heterocycles. The number of rotatable bonds is 9. The topological polar surface area (TPSA) is 259 Å². The number of hydrogen-bond acceptors (Lipinski definition) is 12. The predicted molar refractivity (Wildman–Crippen MR) is 206 cm³/mol. The van der Waals surface area contributed by atoms with Crippen LogP contribution in [0.3, 0.4) is 0 Å². The molecule has 3 N–H and O–H groups in total. The first-order valence-corrected chi connectivity index (χ1v) is 20.6. The van der Waals surface area contributed by atoms with Crippen molar-refractivity contribution in [2.24, 2.45) is 0 Å². The first kappa shape index (κ1) is 49.1. The molecule has 0 unspecified atom stereocenters. The molecule has 0 saturated carbocycles. The molecule has 7 aromatic rings. The van der Waals surface area contributed by atoms with Gasteiger partial charge in [-0.25, -0.2) is 25.3 Å². The second kappa shape index (κ2) is 19.2. The summed E-state index contributed by atoms with van der Waals surface area (Å²) in [5, 5.41) is 10.2. The Balaban J connectivity index is 0.00000265. The third-order valence-electron chi connectivity index (χ3n) is 8.89. The van der Waals surface area contributed by atoms with Gasteiger partial charge in [-0.15, -0.1) is 0 Å². The molecule has 0 spiro atoms. The van der Waals surface area contributed by atoms with Crippen LogP contribution in [0.15, 0.2) is 142 Å². The Morgan fingerprint density at radius 2 is 0.617 bits per heavy atom. The molecule has 0 aliphatic heterocycles. The van der Waals surface area contributed by atoms with Crippen LogP contribution in [0.25, 0.3) is 32.3 Å². The number of carbonyl (C=O) groups excluding carboxylic acids is 3. The van der Waals surface area contributed by atoms with Crippen LogP contribution in [0.1, 0.15) is 31.1 Å². The Labute approximate surface area is 409 Å². The number of hydrogen-bond donors (Lipinski definition) is 3. The second-order valence-electron chi connectivity index (χ2n) is 12.6. The molecule has 0 aromatic heterocycles. The molecule has 0 bridgehead atoms. The Morgan fingerprint density at radius 1 is 0.367 bits per heavy atom. The van der Waals surface area contributed by atoms with E-state index in [0.29, 0.717) is 32.3 Å². The maximum absolute atomic E-state index is 13.9. The summed E-state index contributed by atoms with van der Waals surface area (Å²) in [5.41, 5.74) is 0.107. The molecule has 15 nitrogen and oxygen atoms in total. The fourth-order valence-electron chi connectivity index (χ4n) is 6.18. The predicted octanol–water partition coefficient (Wildman–Crippen LogP) is -3.37. The zero-order valence-electron chi connectivity index (χ0n) is 31.7. The van der Waals surface area contributed by atoms with Gasteiger partial charge in [0.15, 0.2) is 0 Å². The van der Waals surface area contributed by atoms with E-state index >= 15 is 0 Å². The summed E-state index contributed by atoms with van der Waals surface area (Å²) >= 11 is 0. The molecule has 0 aliphatic carbocycles. The zero-order valence-corrected chi connectivity index (χ0v) is 40.2. The van der Waals surface area contributed by atoms with Gasteiger partial charge in [-0.05, 0) is 89.0 Å². The molecule has 7 rings (SSSR count). The quantitative estimate of drug-likeness (QED) is 0.0949. The Bertz CT molecular complexity index is 2870. The van der Waals surface area contributed by atoms with Crippen LogP contribution in [0.5, 0.6) is 0 Å². The molecule has 0 fully saturated rings. The van der Waals surface area contributed by atoms with Gasteiger partial charge < -0.3 is 29.6 Å². The summed E-state index contributed by atoms with van der Waals surface area (Å²) in [6.07, 6.45) is 0. The Morgan fingerprint density at radius 3 is 0.850 bits per heavy atom. The van der Waals surface area contributed by atoms with E-state index in [1.54, 1.807) is 0 Å². The summed E-state index contributed by atoms with van der Waals surface area (Å²) in [7, 11) is -14.3. The molecule has 288 valence electrons. The van der Waals surface area contributed by atoms with Crippen molar-refractivity contribution < 1.29 is 142 Å². The number of benzene rings is 7. The molecule has 0 aliphatic rings. The first-order chi connectivity index (χ1) is 26.8. The molecule has 3 amide bonds. The van der Waals surface area contributed by atoms with Gasteiger partial charge in [0.25, 0.3) is 17.7 Å². The van der Waals surface area contributed by atoms with E-state index in [2.05, 4.69) is 16.0 Å². The van der Waals surface area contributed by atoms with E-state index in [4.69, 9.17) is 0 Å². The average Bonchev–Trinajstić information content (AvgIpc) is 3.16. The van der Waals surface area contributed by atoms with Gasteiger partial charge in [0.1, 0.15) is 30.4 Å². The van der Waals surface area contributed by atoms with Crippen LogP contribution in [0.4, 0.5) is 17.1 Å². The summed E-state index contributed by atoms with van der Waals surface area (Å²) in [6, 6.07) is 28.1. The maximum Gasteiger partial charge on any atom is 1.00 e. The zero-order chi connectivity index (χ0) is 40.9. The normalized spacial score (nSPS) is 11.4. The van der Waals surface area contributed by atoms with Gasteiger partial charge in [0, 0.05) is 49.9 Å². The van der Waals surface area contributed by atoms with Crippen LogP contribution in [-0.4, -0.2) is 56.6 Å². The number of anilines is 3. The van der Waals surface area contributed by atoms with Crippen molar-refractivity contribution in [2.75, 3.05) is 16.0 Å². The van der Waals surface area contributed by atoms with E-state index < -0.39 is 62.8 Å². The third-order valence-corrected chi connectivity index (χ3v) is 11.4. The molecule has 60 heavy (non-hydrogen) atoms. The summed E-state index contributed by atoms with van der Waals surface area (Å²) in [4.78, 5) is 40.1. The Hall–Kier alpha value is -3.54. The van der Waals surface area contributed by atoms with Gasteiger partial charge >= 0.3 is 88.7 Å². The molecule has 21 heteroatoms. The van der Waals surface area contributed by atoms with Crippen LogP contribution >= 0.6 is 0 Å². The van der Waals surface area contributed by atoms with Crippen molar-refractivity contribution in [1.29, 1.82) is 0 Å². The Kier molecular flexibility index (Phi) is 15.8. The minimum atomic E-state index is -4.77. The van der Waals surface area contributed by atoms with E-state index in [-0.39, 0.29) is 122 Å². The molecular weight excluding hydrogens is 868 g/mol. The van der Waals surface area contributed by atoms with E-state index in [0.717, 1.165) is 36.4 Å². The van der Waals surface area contributed by atoms with Crippen LogP contribution in [0.2, 0.25) is 0 Å². The molecule has 7 aromatic carbocycles. The van der Waals surface area contributed by atoms with Crippen molar-refractivity contribution in [3.05, 3.63) is 144 Å². The first-order valence-electron chi connectivity index (χ1n) is 16.4. The van der Waals surface area contributed by atoms with Gasteiger partial charge in [0.2, 0.25) is 0 Å². The summed E-state index contributed by atoms with van der Waals surface area (Å²) in [5.74, 6) is -2.38. The van der Waals surface area contributed by atoms with Crippen molar-refractivity contribution >= 4 is 97.5 Å². The van der Waals surface area contributed by atoms with Crippen LogP contribution < -0.4 is 105 Å². The smallest absolute Gasteiger partial charge is 0.744 e. The van der Waals surface area contributed by atoms with Gasteiger partial charge in [-0.3, -0.25) is 14.4 Å². The van der Waals surface area contributed by atoms with E-state index in [1.165, 1.54) is 91.0 Å². The van der Waals surface area contributed by atoms with E-state index in [1.807, 2.05) is 0 Å². The molecule has 0 radical (unpaired) electrons. The third kappa shape index (κ3) is 10.9. The fraction of sp³-hybridized carbons (Fsp3) is 0. The van der Waals surface area contributed by atoms with Gasteiger partial charge in [-0.1, -0.05) is 54.6 Å². The van der Waals surface area contributed by atoms with Crippen molar-refractivity contribution in [1.82, 2.24) is 0 Å². The van der Waals surface area contributed by atoms with Crippen LogP contribution in [0, 0.1) is 0 Å². The summed E-state index contributed by atoms with van der Waals surface area (Å²) < 4.78 is 104. The minimum Gasteiger partial charge on any atom is -0.744 e. The number of carbonyl (C=O) groups is 3. The van der Waals surface area contributed by atoms with Crippen molar-refractivity contribution in [2.45, 2.75) is 14.7 Å². The molecular formula is C39H24N3Na3O12S3. The largest absolute Gasteiger partial charge is 1.00 e. The molecule has 0 heterocycles. The SMILES string of the molecule is O=C(Nc1cccc2cc(S(=O)(=O)[O-])ccc12)c1cc(C(=O)Nc2cccc3cc(S(=O)(=O)[O-])ccc23)cc(C(=O)Nc2cccc3cc(S(=O)(=O)[O-])ccc23)c1.[Na+].[Na+].[Na+]. The average molecular weight is 892 g/mol. The minimum absolute atomic E-state index is 0. The monoisotopic (exact) mass is 891 g/mol. The number of fused-ring (bicyclic) bond motifs is 3. The van der Waals surface area contributed by atoms with Gasteiger partial charge in [-0.2, -0.15) is 0 Å². The van der Waals surface area contributed by atoms with E-state index in [9.17, 15) is 53.3 Å². The standard InChI is InChI=1S/C39H27N3O12S3.3Na/c43-37(40-34-7-1-4-22-19-28(55(46,47)48)10-13-31(22)34)25-16-26(38(44)41-35-8-2-5-23-20-29(56(49,50)51)11-14-32(23)35)18-27(17-25)39(45)42-36-9-3-6-24-21-30(57(52,53)54)12-15-33(24)36;;;/h1-21H,(H,40,43)(H,41,44)(H,42,45)(H,46,47,48)(H,49,50,51)(H,52,53,54);;;/q;3*+1/p-3. The van der Waals surface area contributed by atoms with Crippen LogP contribution in [-0.2, 0) is 30.4 Å². The molecule has 0 atom stereocenters. The van der Waals surface area contributed by atoms with Gasteiger partial charge in [0.05, 0.1) is 14.7 Å². The fourth-order valence-corrected chi connectivity index (χ4v) is 7.70. The number of nitrogens with one attached hydrogen (secondary N) is 3. The maximum atomic E-state index is 13.9. The number of amides is 3. The second-order valence-corrected chi connectivity index (χ2v) is 16.7.